The maximum atomic E-state index is 14.6. The maximum Gasteiger partial charge on any atom is 0.258 e. The van der Waals surface area contributed by atoms with Crippen molar-refractivity contribution in [3.63, 3.8) is 0 Å². The van der Waals surface area contributed by atoms with E-state index < -0.39 is 11.7 Å². The van der Waals surface area contributed by atoms with Crippen molar-refractivity contribution in [2.45, 2.75) is 33.2 Å². The first-order chi connectivity index (χ1) is 16.4. The van der Waals surface area contributed by atoms with Crippen molar-refractivity contribution in [2.24, 2.45) is 0 Å². The number of halogens is 1. The number of hydrogen-bond acceptors (Lipinski definition) is 5. The van der Waals surface area contributed by atoms with Gasteiger partial charge in [-0.2, -0.15) is 0 Å². The van der Waals surface area contributed by atoms with E-state index in [-0.39, 0.29) is 5.56 Å². The van der Waals surface area contributed by atoms with E-state index in [4.69, 9.17) is 4.74 Å². The fourth-order valence-corrected chi connectivity index (χ4v) is 4.17. The summed E-state index contributed by atoms with van der Waals surface area (Å²) in [5.41, 5.74) is 3.48. The van der Waals surface area contributed by atoms with Crippen molar-refractivity contribution >= 4 is 22.5 Å². The average Bonchev–Trinajstić information content (AvgIpc) is 2.82. The molecule has 6 nitrogen and oxygen atoms in total. The van der Waals surface area contributed by atoms with E-state index in [1.54, 1.807) is 6.07 Å². The van der Waals surface area contributed by atoms with Crippen LogP contribution < -0.4 is 10.1 Å². The predicted molar refractivity (Wildman–Crippen MR) is 134 cm³/mol. The summed E-state index contributed by atoms with van der Waals surface area (Å²) in [5.74, 6) is -0.663. The molecule has 1 amide bonds. The first-order valence-electron chi connectivity index (χ1n) is 12.0. The third kappa shape index (κ3) is 5.72. The second-order valence-electron chi connectivity index (χ2n) is 9.03. The molecule has 180 valence electrons. The van der Waals surface area contributed by atoms with Gasteiger partial charge >= 0.3 is 0 Å². The Kier molecular flexibility index (Phi) is 7.75. The van der Waals surface area contributed by atoms with Gasteiger partial charge in [0, 0.05) is 56.1 Å². The molecule has 3 aromatic rings. The number of anilines is 1. The van der Waals surface area contributed by atoms with Gasteiger partial charge in [-0.05, 0) is 55.8 Å². The first-order valence-corrected chi connectivity index (χ1v) is 12.0. The van der Waals surface area contributed by atoms with Crippen LogP contribution in [0.4, 0.5) is 10.1 Å². The molecule has 1 aliphatic rings. The SMILES string of the molecule is CCCCOc1ccc(C(=O)Nc2ccc3cc(CN4CCN(C)CC4)cnc3c2C)c(F)c1. The molecule has 34 heavy (non-hydrogen) atoms. The number of carbonyl (C=O) groups excluding carboxylic acids is 1. The van der Waals surface area contributed by atoms with Gasteiger partial charge < -0.3 is 15.0 Å². The maximum absolute atomic E-state index is 14.6. The Morgan fingerprint density at radius 1 is 1.15 bits per heavy atom. The number of unbranched alkanes of at least 4 members (excludes halogenated alkanes) is 1. The smallest absolute Gasteiger partial charge is 0.258 e. The van der Waals surface area contributed by atoms with Crippen LogP contribution in [0.25, 0.3) is 10.9 Å². The molecule has 0 unspecified atom stereocenters. The molecule has 0 aliphatic carbocycles. The van der Waals surface area contributed by atoms with Crippen molar-refractivity contribution < 1.29 is 13.9 Å². The number of amides is 1. The highest BCUT2D eigenvalue weighted by atomic mass is 19.1. The number of likely N-dealkylation sites (N-methyl/N-ethyl adjacent to an activating group) is 1. The summed E-state index contributed by atoms with van der Waals surface area (Å²) in [6, 6.07) is 10.3. The Hall–Kier alpha value is -3.03. The van der Waals surface area contributed by atoms with Gasteiger partial charge in [0.25, 0.3) is 5.91 Å². The zero-order valence-electron chi connectivity index (χ0n) is 20.2. The van der Waals surface area contributed by atoms with Gasteiger partial charge in [-0.3, -0.25) is 14.7 Å². The molecule has 0 radical (unpaired) electrons. The number of fused-ring (bicyclic) bond motifs is 1. The van der Waals surface area contributed by atoms with Gasteiger partial charge in [-0.15, -0.1) is 0 Å². The number of ether oxygens (including phenoxy) is 1. The van der Waals surface area contributed by atoms with Crippen LogP contribution in [0.2, 0.25) is 0 Å². The molecule has 1 aliphatic heterocycles. The lowest BCUT2D eigenvalue weighted by Gasteiger charge is -2.32. The molecule has 4 rings (SSSR count). The number of piperazine rings is 1. The zero-order valence-corrected chi connectivity index (χ0v) is 20.2. The Morgan fingerprint density at radius 2 is 1.94 bits per heavy atom. The summed E-state index contributed by atoms with van der Waals surface area (Å²) in [6.07, 6.45) is 3.81. The molecule has 0 spiro atoms. The van der Waals surface area contributed by atoms with Crippen LogP contribution >= 0.6 is 0 Å². The summed E-state index contributed by atoms with van der Waals surface area (Å²) >= 11 is 0. The molecule has 1 aromatic heterocycles. The standard InChI is InChI=1S/C27H33FN4O2/c1-4-5-14-34-22-7-8-23(24(28)16-22)27(33)30-25-9-6-21-15-20(17-29-26(21)19(25)2)18-32-12-10-31(3)11-13-32/h6-9,15-17H,4-5,10-14,18H2,1-3H3,(H,30,33). The fourth-order valence-electron chi connectivity index (χ4n) is 4.17. The largest absolute Gasteiger partial charge is 0.493 e. The minimum atomic E-state index is -0.600. The van der Waals surface area contributed by atoms with E-state index in [0.717, 1.165) is 62.0 Å². The second kappa shape index (κ2) is 10.9. The quantitative estimate of drug-likeness (QED) is 0.483. The minimum Gasteiger partial charge on any atom is -0.493 e. The third-order valence-electron chi connectivity index (χ3n) is 6.36. The molecular formula is C27H33FN4O2. The summed E-state index contributed by atoms with van der Waals surface area (Å²) in [4.78, 5) is 22.2. The van der Waals surface area contributed by atoms with Crippen LogP contribution in [0.15, 0.2) is 42.6 Å². The number of hydrogen-bond donors (Lipinski definition) is 1. The van der Waals surface area contributed by atoms with Crippen LogP contribution in [-0.2, 0) is 6.54 Å². The Balaban J connectivity index is 1.46. The normalized spacial score (nSPS) is 14.9. The molecule has 1 N–H and O–H groups in total. The molecular weight excluding hydrogens is 431 g/mol. The van der Waals surface area contributed by atoms with Crippen molar-refractivity contribution in [1.29, 1.82) is 0 Å². The predicted octanol–water partition coefficient (Wildman–Crippen LogP) is 4.86. The number of aryl methyl sites for hydroxylation is 1. The van der Waals surface area contributed by atoms with Crippen LogP contribution in [0, 0.1) is 12.7 Å². The van der Waals surface area contributed by atoms with Crippen LogP contribution in [0.3, 0.4) is 0 Å². The molecule has 0 saturated carbocycles. The van der Waals surface area contributed by atoms with Gasteiger partial charge in [-0.1, -0.05) is 19.4 Å². The highest BCUT2D eigenvalue weighted by Crippen LogP contribution is 2.26. The molecule has 2 heterocycles. The van der Waals surface area contributed by atoms with Gasteiger partial charge in [-0.25, -0.2) is 4.39 Å². The van der Waals surface area contributed by atoms with Crippen LogP contribution in [0.1, 0.15) is 41.3 Å². The summed E-state index contributed by atoms with van der Waals surface area (Å²) in [5, 5.41) is 3.87. The number of aromatic nitrogens is 1. The summed E-state index contributed by atoms with van der Waals surface area (Å²) in [7, 11) is 2.15. The summed E-state index contributed by atoms with van der Waals surface area (Å²) < 4.78 is 20.1. The van der Waals surface area contributed by atoms with E-state index in [1.807, 2.05) is 25.3 Å². The zero-order chi connectivity index (χ0) is 24.1. The Morgan fingerprint density at radius 3 is 2.68 bits per heavy atom. The average molecular weight is 465 g/mol. The molecule has 0 bridgehead atoms. The van der Waals surface area contributed by atoms with Crippen molar-refractivity contribution in [3.05, 3.63) is 65.1 Å². The van der Waals surface area contributed by atoms with Crippen molar-refractivity contribution in [2.75, 3.05) is 45.2 Å². The van der Waals surface area contributed by atoms with Gasteiger partial charge in [0.15, 0.2) is 0 Å². The highest BCUT2D eigenvalue weighted by Gasteiger charge is 2.17. The summed E-state index contributed by atoms with van der Waals surface area (Å²) in [6.45, 7) is 9.67. The van der Waals surface area contributed by atoms with E-state index in [1.165, 1.54) is 17.7 Å². The molecule has 2 aromatic carbocycles. The molecule has 1 saturated heterocycles. The first kappa shape index (κ1) is 24.1. The molecule has 7 heteroatoms. The van der Waals surface area contributed by atoms with Crippen molar-refractivity contribution in [3.8, 4) is 5.75 Å². The van der Waals surface area contributed by atoms with Crippen LogP contribution in [0.5, 0.6) is 5.75 Å². The van der Waals surface area contributed by atoms with E-state index in [9.17, 15) is 9.18 Å². The minimum absolute atomic E-state index is 0.0159. The number of rotatable bonds is 8. The van der Waals surface area contributed by atoms with Gasteiger partial charge in [0.2, 0.25) is 0 Å². The third-order valence-corrected chi connectivity index (χ3v) is 6.36. The van der Waals surface area contributed by atoms with Gasteiger partial charge in [0.1, 0.15) is 11.6 Å². The number of nitrogens with one attached hydrogen (secondary N) is 1. The lowest BCUT2D eigenvalue weighted by molar-refractivity contribution is 0.102. The van der Waals surface area contributed by atoms with E-state index >= 15 is 0 Å². The fraction of sp³-hybridized carbons (Fsp3) is 0.407. The lowest BCUT2D eigenvalue weighted by atomic mass is 10.1. The lowest BCUT2D eigenvalue weighted by Crippen LogP contribution is -2.43. The van der Waals surface area contributed by atoms with E-state index in [2.05, 4.69) is 40.1 Å². The van der Waals surface area contributed by atoms with Gasteiger partial charge in [0.05, 0.1) is 17.7 Å². The number of pyridine rings is 1. The molecule has 0 atom stereocenters. The Bertz CT molecular complexity index is 1160. The second-order valence-corrected chi connectivity index (χ2v) is 9.03. The topological polar surface area (TPSA) is 57.7 Å². The Labute approximate surface area is 200 Å². The number of carbonyl (C=O) groups is 1. The van der Waals surface area contributed by atoms with Crippen LogP contribution in [-0.4, -0.2) is 60.5 Å². The number of nitrogens with zero attached hydrogens (tertiary/aromatic N) is 3. The van der Waals surface area contributed by atoms with Crippen molar-refractivity contribution in [1.82, 2.24) is 14.8 Å². The van der Waals surface area contributed by atoms with E-state index in [0.29, 0.717) is 18.0 Å². The highest BCUT2D eigenvalue weighted by molar-refractivity contribution is 6.06. The molecule has 1 fully saturated rings. The number of benzene rings is 2. The monoisotopic (exact) mass is 464 g/mol.